The molecule has 0 spiro atoms. The van der Waals surface area contributed by atoms with Gasteiger partial charge >= 0.3 is 0 Å². The first-order valence-corrected chi connectivity index (χ1v) is 8.77. The number of halogens is 1. The molecule has 0 fully saturated rings. The normalized spacial score (nSPS) is 14.2. The minimum absolute atomic E-state index is 0.0962. The fourth-order valence-corrected chi connectivity index (χ4v) is 3.59. The summed E-state index contributed by atoms with van der Waals surface area (Å²) in [4.78, 5) is 0. The van der Waals surface area contributed by atoms with E-state index in [9.17, 15) is 8.42 Å². The van der Waals surface area contributed by atoms with Crippen molar-refractivity contribution < 1.29 is 8.42 Å². The van der Waals surface area contributed by atoms with E-state index in [1.807, 2.05) is 6.92 Å². The molecule has 1 unspecified atom stereocenters. The Balaban J connectivity index is 3.78. The summed E-state index contributed by atoms with van der Waals surface area (Å²) < 4.78 is 22.9. The molecule has 0 aromatic heterocycles. The van der Waals surface area contributed by atoms with Gasteiger partial charge in [-0.1, -0.05) is 33.6 Å². The zero-order chi connectivity index (χ0) is 13.3. The minimum Gasteiger partial charge on any atom is -0.314 e. The Hall–Kier alpha value is 0.200. The van der Waals surface area contributed by atoms with Gasteiger partial charge in [0.2, 0.25) is 0 Å². The lowest BCUT2D eigenvalue weighted by Crippen LogP contribution is -2.32. The molecule has 0 rings (SSSR count). The van der Waals surface area contributed by atoms with E-state index in [2.05, 4.69) is 19.2 Å². The van der Waals surface area contributed by atoms with Crippen LogP contribution in [-0.4, -0.2) is 38.4 Å². The maximum absolute atomic E-state index is 11.4. The predicted molar refractivity (Wildman–Crippen MR) is 75.5 cm³/mol. The van der Waals surface area contributed by atoms with Gasteiger partial charge in [0.25, 0.3) is 0 Å². The molecule has 0 radical (unpaired) electrons. The number of alkyl halides is 1. The zero-order valence-electron chi connectivity index (χ0n) is 11.2. The predicted octanol–water partition coefficient (Wildman–Crippen LogP) is 2.44. The van der Waals surface area contributed by atoms with E-state index in [0.717, 1.165) is 12.8 Å². The summed E-state index contributed by atoms with van der Waals surface area (Å²) in [6, 6.07) is 0. The summed E-state index contributed by atoms with van der Waals surface area (Å²) in [6.45, 7) is 7.35. The molecule has 0 aliphatic carbocycles. The van der Waals surface area contributed by atoms with Gasteiger partial charge in [-0.3, -0.25) is 0 Å². The first-order chi connectivity index (χ1) is 7.96. The van der Waals surface area contributed by atoms with E-state index in [-0.39, 0.29) is 16.9 Å². The molecule has 0 aromatic rings. The molecule has 104 valence electrons. The number of sulfone groups is 1. The van der Waals surface area contributed by atoms with Crippen molar-refractivity contribution in [1.82, 2.24) is 5.32 Å². The van der Waals surface area contributed by atoms with Gasteiger partial charge in [-0.2, -0.15) is 0 Å². The fraction of sp³-hybridized carbons (Fsp3) is 1.00. The van der Waals surface area contributed by atoms with Crippen LogP contribution < -0.4 is 5.32 Å². The molecule has 0 amide bonds. The van der Waals surface area contributed by atoms with Crippen LogP contribution in [0.1, 0.15) is 40.0 Å². The van der Waals surface area contributed by atoms with E-state index in [4.69, 9.17) is 11.6 Å². The highest BCUT2D eigenvalue weighted by Gasteiger charge is 2.15. The number of hydrogen-bond acceptors (Lipinski definition) is 3. The van der Waals surface area contributed by atoms with Gasteiger partial charge in [-0.15, -0.1) is 11.6 Å². The molecule has 0 saturated heterocycles. The summed E-state index contributed by atoms with van der Waals surface area (Å²) in [5.74, 6) is 1.01. The van der Waals surface area contributed by atoms with Crippen LogP contribution in [0.15, 0.2) is 0 Å². The third-order valence-electron chi connectivity index (χ3n) is 3.00. The molecule has 5 heteroatoms. The maximum Gasteiger partial charge on any atom is 0.151 e. The number of hydrogen-bond donors (Lipinski definition) is 1. The molecule has 0 aliphatic rings. The smallest absolute Gasteiger partial charge is 0.151 e. The number of nitrogens with one attached hydrogen (secondary N) is 1. The zero-order valence-corrected chi connectivity index (χ0v) is 12.8. The lowest BCUT2D eigenvalue weighted by atomic mass is 9.99. The molecule has 0 aliphatic heterocycles. The average molecular weight is 284 g/mol. The SMILES string of the molecule is CCCS(=O)(=O)CCNCC(Cl)C(CC)CC. The Labute approximate surface area is 111 Å². The highest BCUT2D eigenvalue weighted by Crippen LogP contribution is 2.17. The lowest BCUT2D eigenvalue weighted by Gasteiger charge is -2.19. The minimum atomic E-state index is -2.87. The van der Waals surface area contributed by atoms with Crippen LogP contribution >= 0.6 is 11.6 Å². The molecule has 0 heterocycles. The van der Waals surface area contributed by atoms with Crippen molar-refractivity contribution in [3.63, 3.8) is 0 Å². The fourth-order valence-electron chi connectivity index (χ4n) is 1.85. The Kier molecular flexibility index (Phi) is 9.28. The molecule has 1 atom stereocenters. The van der Waals surface area contributed by atoms with Gasteiger partial charge in [0.15, 0.2) is 9.84 Å². The second-order valence-corrected chi connectivity index (χ2v) is 7.31. The summed E-state index contributed by atoms with van der Waals surface area (Å²) in [6.07, 6.45) is 2.83. The highest BCUT2D eigenvalue weighted by molar-refractivity contribution is 7.91. The van der Waals surface area contributed by atoms with E-state index in [1.165, 1.54) is 0 Å². The second-order valence-electron chi connectivity index (χ2n) is 4.45. The summed E-state index contributed by atoms with van der Waals surface area (Å²) >= 11 is 6.25. The molecular formula is C12H26ClNO2S. The van der Waals surface area contributed by atoms with Crippen LogP contribution in [-0.2, 0) is 9.84 Å². The lowest BCUT2D eigenvalue weighted by molar-refractivity contribution is 0.449. The Bertz CT molecular complexity index is 276. The van der Waals surface area contributed by atoms with Gasteiger partial charge in [0.05, 0.1) is 5.75 Å². The van der Waals surface area contributed by atoms with Crippen molar-refractivity contribution in [1.29, 1.82) is 0 Å². The van der Waals surface area contributed by atoms with Crippen LogP contribution in [0.5, 0.6) is 0 Å². The Morgan fingerprint density at radius 1 is 1.12 bits per heavy atom. The average Bonchev–Trinajstić information content (AvgIpc) is 2.26. The third kappa shape index (κ3) is 8.01. The van der Waals surface area contributed by atoms with Gasteiger partial charge in [-0.05, 0) is 12.3 Å². The van der Waals surface area contributed by atoms with Crippen LogP contribution in [0.3, 0.4) is 0 Å². The summed E-state index contributed by atoms with van der Waals surface area (Å²) in [5, 5.41) is 3.23. The van der Waals surface area contributed by atoms with Crippen molar-refractivity contribution in [2.24, 2.45) is 5.92 Å². The van der Waals surface area contributed by atoms with E-state index < -0.39 is 9.84 Å². The largest absolute Gasteiger partial charge is 0.314 e. The second kappa shape index (κ2) is 9.17. The Morgan fingerprint density at radius 3 is 2.18 bits per heavy atom. The van der Waals surface area contributed by atoms with Crippen LogP contribution in [0.25, 0.3) is 0 Å². The summed E-state index contributed by atoms with van der Waals surface area (Å²) in [7, 11) is -2.87. The standard InChI is InChI=1S/C12H26ClNO2S/c1-4-8-17(15,16)9-7-14-10-12(13)11(5-2)6-3/h11-12,14H,4-10H2,1-3H3. The van der Waals surface area contributed by atoms with Gasteiger partial charge in [-0.25, -0.2) is 8.42 Å². The molecule has 3 nitrogen and oxygen atoms in total. The summed E-state index contributed by atoms with van der Waals surface area (Å²) in [5.41, 5.74) is 0. The first kappa shape index (κ1) is 17.2. The quantitative estimate of drug-likeness (QED) is 0.495. The van der Waals surface area contributed by atoms with Crippen LogP contribution in [0.2, 0.25) is 0 Å². The molecular weight excluding hydrogens is 258 g/mol. The third-order valence-corrected chi connectivity index (χ3v) is 5.37. The van der Waals surface area contributed by atoms with E-state index in [0.29, 0.717) is 25.4 Å². The topological polar surface area (TPSA) is 46.2 Å². The van der Waals surface area contributed by atoms with Crippen molar-refractivity contribution in [2.75, 3.05) is 24.6 Å². The molecule has 0 saturated carbocycles. The van der Waals surface area contributed by atoms with Crippen molar-refractivity contribution in [3.05, 3.63) is 0 Å². The van der Waals surface area contributed by atoms with Crippen molar-refractivity contribution in [3.8, 4) is 0 Å². The van der Waals surface area contributed by atoms with Crippen LogP contribution in [0.4, 0.5) is 0 Å². The monoisotopic (exact) mass is 283 g/mol. The van der Waals surface area contributed by atoms with Crippen molar-refractivity contribution in [2.45, 2.75) is 45.4 Å². The first-order valence-electron chi connectivity index (χ1n) is 6.52. The van der Waals surface area contributed by atoms with Gasteiger partial charge < -0.3 is 5.32 Å². The molecule has 0 aromatic carbocycles. The highest BCUT2D eigenvalue weighted by atomic mass is 35.5. The van der Waals surface area contributed by atoms with Gasteiger partial charge in [0.1, 0.15) is 0 Å². The maximum atomic E-state index is 11.4. The van der Waals surface area contributed by atoms with E-state index in [1.54, 1.807) is 0 Å². The van der Waals surface area contributed by atoms with E-state index >= 15 is 0 Å². The van der Waals surface area contributed by atoms with Crippen LogP contribution in [0, 0.1) is 5.92 Å². The van der Waals surface area contributed by atoms with Crippen molar-refractivity contribution >= 4 is 21.4 Å². The number of rotatable bonds is 10. The Morgan fingerprint density at radius 2 is 1.71 bits per heavy atom. The molecule has 17 heavy (non-hydrogen) atoms. The molecule has 1 N–H and O–H groups in total. The van der Waals surface area contributed by atoms with Gasteiger partial charge in [0, 0.05) is 24.2 Å². The molecule has 0 bridgehead atoms.